The molecule has 4 heteroatoms. The Kier molecular flexibility index (Phi) is 3.60. The van der Waals surface area contributed by atoms with Crippen molar-refractivity contribution in [1.29, 1.82) is 5.26 Å². The van der Waals surface area contributed by atoms with Crippen molar-refractivity contribution in [3.05, 3.63) is 64.0 Å². The summed E-state index contributed by atoms with van der Waals surface area (Å²) in [6.07, 6.45) is 0. The van der Waals surface area contributed by atoms with Gasteiger partial charge in [0, 0.05) is 15.1 Å². The number of nitriles is 1. The second-order valence-electron chi connectivity index (χ2n) is 4.29. The third-order valence-corrected chi connectivity index (χ3v) is 4.22. The van der Waals surface area contributed by atoms with Gasteiger partial charge in [-0.3, -0.25) is 0 Å². The number of hydrogen-bond acceptors (Lipinski definition) is 3. The zero-order valence-electron chi connectivity index (χ0n) is 10.5. The lowest BCUT2D eigenvalue weighted by atomic mass is 10.2. The Labute approximate surface area is 125 Å². The Morgan fingerprint density at radius 2 is 2.00 bits per heavy atom. The molecule has 1 heterocycles. The van der Waals surface area contributed by atoms with E-state index in [0.717, 1.165) is 15.6 Å². The van der Waals surface area contributed by atoms with E-state index in [1.165, 1.54) is 11.3 Å². The van der Waals surface area contributed by atoms with Crippen LogP contribution >= 0.6 is 22.9 Å². The Morgan fingerprint density at radius 3 is 2.80 bits per heavy atom. The number of hydrogen-bond donors (Lipinski definition) is 0. The molecule has 0 saturated carbocycles. The van der Waals surface area contributed by atoms with Crippen molar-refractivity contribution in [2.24, 2.45) is 0 Å². The zero-order valence-corrected chi connectivity index (χ0v) is 12.0. The molecule has 20 heavy (non-hydrogen) atoms. The van der Waals surface area contributed by atoms with E-state index in [-0.39, 0.29) is 0 Å². The first-order valence-electron chi connectivity index (χ1n) is 6.07. The van der Waals surface area contributed by atoms with Crippen LogP contribution in [-0.2, 0) is 6.61 Å². The minimum absolute atomic E-state index is 0.399. The summed E-state index contributed by atoms with van der Waals surface area (Å²) in [5.41, 5.74) is 0.983. The lowest BCUT2D eigenvalue weighted by molar-refractivity contribution is 0.310. The normalized spacial score (nSPS) is 10.4. The van der Waals surface area contributed by atoms with Crippen LogP contribution in [0, 0.1) is 11.3 Å². The van der Waals surface area contributed by atoms with Crippen molar-refractivity contribution < 1.29 is 4.74 Å². The molecule has 0 aliphatic heterocycles. The molecule has 0 radical (unpaired) electrons. The van der Waals surface area contributed by atoms with Gasteiger partial charge >= 0.3 is 0 Å². The van der Waals surface area contributed by atoms with Crippen molar-refractivity contribution in [3.63, 3.8) is 0 Å². The Morgan fingerprint density at radius 1 is 1.15 bits per heavy atom. The molecule has 0 aliphatic rings. The first-order chi connectivity index (χ1) is 9.78. The van der Waals surface area contributed by atoms with E-state index in [4.69, 9.17) is 16.3 Å². The predicted molar refractivity (Wildman–Crippen MR) is 82.3 cm³/mol. The average Bonchev–Trinajstić information content (AvgIpc) is 2.83. The van der Waals surface area contributed by atoms with Crippen LogP contribution in [-0.4, -0.2) is 0 Å². The summed E-state index contributed by atoms with van der Waals surface area (Å²) < 4.78 is 6.91. The van der Waals surface area contributed by atoms with Gasteiger partial charge in [0.1, 0.15) is 17.6 Å². The molecule has 98 valence electrons. The molecule has 3 rings (SSSR count). The summed E-state index contributed by atoms with van der Waals surface area (Å²) in [6, 6.07) is 17.6. The minimum atomic E-state index is 0.399. The van der Waals surface area contributed by atoms with E-state index in [0.29, 0.717) is 22.3 Å². The molecule has 0 unspecified atom stereocenters. The summed E-state index contributed by atoms with van der Waals surface area (Å²) in [5.74, 6) is 0.660. The van der Waals surface area contributed by atoms with Crippen LogP contribution < -0.4 is 4.74 Å². The van der Waals surface area contributed by atoms with Crippen molar-refractivity contribution in [1.82, 2.24) is 0 Å². The highest BCUT2D eigenvalue weighted by Crippen LogP contribution is 2.37. The van der Waals surface area contributed by atoms with E-state index in [1.807, 2.05) is 48.5 Å². The number of nitrogens with zero attached hydrogens (tertiary/aromatic N) is 1. The fourth-order valence-electron chi connectivity index (χ4n) is 2.02. The number of fused-ring (bicyclic) bond motifs is 1. The smallest absolute Gasteiger partial charge is 0.156 e. The highest BCUT2D eigenvalue weighted by Gasteiger charge is 2.13. The SMILES string of the molecule is N#Cc1sc2ccccc2c1OCc1cccc(Cl)c1. The van der Waals surface area contributed by atoms with Crippen LogP contribution in [0.1, 0.15) is 10.4 Å². The molecule has 0 aliphatic carbocycles. The fourth-order valence-corrected chi connectivity index (χ4v) is 3.18. The largest absolute Gasteiger partial charge is 0.486 e. The van der Waals surface area contributed by atoms with Gasteiger partial charge < -0.3 is 4.74 Å². The molecular weight excluding hydrogens is 290 g/mol. The second kappa shape index (κ2) is 5.54. The van der Waals surface area contributed by atoms with Crippen LogP contribution in [0.3, 0.4) is 0 Å². The lowest BCUT2D eigenvalue weighted by Gasteiger charge is -2.06. The fraction of sp³-hybridized carbons (Fsp3) is 0.0625. The van der Waals surface area contributed by atoms with Gasteiger partial charge in [0.2, 0.25) is 0 Å². The monoisotopic (exact) mass is 299 g/mol. The lowest BCUT2D eigenvalue weighted by Crippen LogP contribution is -1.95. The number of benzene rings is 2. The Bertz CT molecular complexity index is 804. The van der Waals surface area contributed by atoms with Gasteiger partial charge in [-0.15, -0.1) is 11.3 Å². The molecule has 1 aromatic heterocycles. The van der Waals surface area contributed by atoms with Gasteiger partial charge in [0.15, 0.2) is 5.75 Å². The molecule has 2 aromatic carbocycles. The standard InChI is InChI=1S/C16H10ClNOS/c17-12-5-3-4-11(8-12)10-19-16-13-6-1-2-7-14(13)20-15(16)9-18/h1-8H,10H2. The molecular formula is C16H10ClNOS. The maximum atomic E-state index is 9.22. The summed E-state index contributed by atoms with van der Waals surface area (Å²) in [5, 5.41) is 10.9. The zero-order chi connectivity index (χ0) is 13.9. The molecule has 0 saturated heterocycles. The molecule has 2 nitrogen and oxygen atoms in total. The van der Waals surface area contributed by atoms with Crippen LogP contribution in [0.2, 0.25) is 5.02 Å². The molecule has 0 atom stereocenters. The van der Waals surface area contributed by atoms with Gasteiger partial charge in [-0.05, 0) is 29.8 Å². The first-order valence-corrected chi connectivity index (χ1v) is 7.26. The van der Waals surface area contributed by atoms with E-state index >= 15 is 0 Å². The number of ether oxygens (including phenoxy) is 1. The second-order valence-corrected chi connectivity index (χ2v) is 5.78. The molecule has 0 bridgehead atoms. The maximum absolute atomic E-state index is 9.22. The van der Waals surface area contributed by atoms with Crippen LogP contribution in [0.5, 0.6) is 5.75 Å². The van der Waals surface area contributed by atoms with Gasteiger partial charge in [-0.1, -0.05) is 35.9 Å². The first kappa shape index (κ1) is 13.0. The van der Waals surface area contributed by atoms with Gasteiger partial charge in [0.25, 0.3) is 0 Å². The maximum Gasteiger partial charge on any atom is 0.156 e. The van der Waals surface area contributed by atoms with E-state index < -0.39 is 0 Å². The third kappa shape index (κ3) is 2.49. The highest BCUT2D eigenvalue weighted by atomic mass is 35.5. The molecule has 0 fully saturated rings. The summed E-state index contributed by atoms with van der Waals surface area (Å²) >= 11 is 7.40. The Hall–Kier alpha value is -2.02. The molecule has 0 spiro atoms. The van der Waals surface area contributed by atoms with Crippen molar-refractivity contribution >= 4 is 33.0 Å². The third-order valence-electron chi connectivity index (χ3n) is 2.92. The minimum Gasteiger partial charge on any atom is -0.486 e. The summed E-state index contributed by atoms with van der Waals surface area (Å²) in [4.78, 5) is 0.605. The number of rotatable bonds is 3. The summed E-state index contributed by atoms with van der Waals surface area (Å²) in [6.45, 7) is 0.399. The van der Waals surface area contributed by atoms with Crippen molar-refractivity contribution in [3.8, 4) is 11.8 Å². The van der Waals surface area contributed by atoms with E-state index in [1.54, 1.807) is 0 Å². The average molecular weight is 300 g/mol. The van der Waals surface area contributed by atoms with Gasteiger partial charge in [-0.2, -0.15) is 5.26 Å². The Balaban J connectivity index is 1.93. The van der Waals surface area contributed by atoms with Crippen molar-refractivity contribution in [2.45, 2.75) is 6.61 Å². The predicted octanol–water partition coefficient (Wildman–Crippen LogP) is 5.01. The van der Waals surface area contributed by atoms with Crippen LogP contribution in [0.4, 0.5) is 0 Å². The molecule has 0 N–H and O–H groups in total. The molecule has 0 amide bonds. The number of thiophene rings is 1. The summed E-state index contributed by atoms with van der Waals surface area (Å²) in [7, 11) is 0. The topological polar surface area (TPSA) is 33.0 Å². The van der Waals surface area contributed by atoms with Crippen LogP contribution in [0.25, 0.3) is 10.1 Å². The number of halogens is 1. The van der Waals surface area contributed by atoms with E-state index in [2.05, 4.69) is 6.07 Å². The van der Waals surface area contributed by atoms with Gasteiger partial charge in [0.05, 0.1) is 0 Å². The molecule has 3 aromatic rings. The van der Waals surface area contributed by atoms with Crippen LogP contribution in [0.15, 0.2) is 48.5 Å². The van der Waals surface area contributed by atoms with E-state index in [9.17, 15) is 5.26 Å². The highest BCUT2D eigenvalue weighted by molar-refractivity contribution is 7.20. The van der Waals surface area contributed by atoms with Crippen molar-refractivity contribution in [2.75, 3.05) is 0 Å². The quantitative estimate of drug-likeness (QED) is 0.681. The van der Waals surface area contributed by atoms with Gasteiger partial charge in [-0.25, -0.2) is 0 Å².